The van der Waals surface area contributed by atoms with Crippen molar-refractivity contribution in [2.75, 3.05) is 0 Å². The summed E-state index contributed by atoms with van der Waals surface area (Å²) in [6, 6.07) is -0.150. The standard InChI is InChI=1S/C8H11NO2/c9-7-5-2-1-4(3-5)6(7)8(10)11/h1-2,4-7H,3,9H2,(H,10,11)/t4?,5?,6-,7+/m0/s1. The van der Waals surface area contributed by atoms with E-state index in [1.54, 1.807) is 0 Å². The first-order valence-corrected chi connectivity index (χ1v) is 3.87. The van der Waals surface area contributed by atoms with Crippen LogP contribution in [-0.4, -0.2) is 17.1 Å². The number of fused-ring (bicyclic) bond motifs is 2. The molecule has 0 saturated heterocycles. The fraction of sp³-hybridized carbons (Fsp3) is 0.625. The fourth-order valence-electron chi connectivity index (χ4n) is 2.21. The van der Waals surface area contributed by atoms with Crippen LogP contribution < -0.4 is 5.73 Å². The first-order valence-electron chi connectivity index (χ1n) is 3.87. The number of carboxylic acids is 1. The Morgan fingerprint density at radius 2 is 2.09 bits per heavy atom. The number of carboxylic acid groups (broad SMARTS) is 1. The normalized spacial score (nSPS) is 46.6. The number of aliphatic carboxylic acids is 1. The second-order valence-electron chi connectivity index (χ2n) is 3.39. The van der Waals surface area contributed by atoms with E-state index in [4.69, 9.17) is 10.8 Å². The van der Waals surface area contributed by atoms with Crippen molar-refractivity contribution in [1.29, 1.82) is 0 Å². The molecule has 3 N–H and O–H groups in total. The van der Waals surface area contributed by atoms with E-state index in [0.717, 1.165) is 6.42 Å². The second kappa shape index (κ2) is 2.08. The molecule has 2 aliphatic carbocycles. The molecule has 0 radical (unpaired) electrons. The summed E-state index contributed by atoms with van der Waals surface area (Å²) in [4.78, 5) is 10.7. The summed E-state index contributed by atoms with van der Waals surface area (Å²) in [7, 11) is 0. The zero-order valence-electron chi connectivity index (χ0n) is 6.10. The van der Waals surface area contributed by atoms with Crippen molar-refractivity contribution in [1.82, 2.24) is 0 Å². The topological polar surface area (TPSA) is 63.3 Å². The van der Waals surface area contributed by atoms with E-state index in [2.05, 4.69) is 6.08 Å². The lowest BCUT2D eigenvalue weighted by Crippen LogP contribution is -2.38. The highest BCUT2D eigenvalue weighted by molar-refractivity contribution is 5.72. The smallest absolute Gasteiger partial charge is 0.308 e. The molecular formula is C8H11NO2. The summed E-state index contributed by atoms with van der Waals surface area (Å²) >= 11 is 0. The predicted molar refractivity (Wildman–Crippen MR) is 39.8 cm³/mol. The predicted octanol–water partition coefficient (Wildman–Crippen LogP) is 0.220. The molecular weight excluding hydrogens is 142 g/mol. The molecule has 2 aliphatic rings. The van der Waals surface area contributed by atoms with Crippen molar-refractivity contribution >= 4 is 5.97 Å². The molecule has 1 saturated carbocycles. The molecule has 4 atom stereocenters. The van der Waals surface area contributed by atoms with Gasteiger partial charge in [-0.05, 0) is 18.3 Å². The van der Waals surface area contributed by atoms with Crippen LogP contribution in [0.2, 0.25) is 0 Å². The zero-order chi connectivity index (χ0) is 8.01. The Balaban J connectivity index is 2.25. The third-order valence-corrected chi connectivity index (χ3v) is 2.81. The van der Waals surface area contributed by atoms with Crippen LogP contribution in [-0.2, 0) is 4.79 Å². The van der Waals surface area contributed by atoms with E-state index < -0.39 is 5.97 Å². The van der Waals surface area contributed by atoms with Gasteiger partial charge in [-0.25, -0.2) is 0 Å². The quantitative estimate of drug-likeness (QED) is 0.530. The molecule has 2 unspecified atom stereocenters. The average molecular weight is 153 g/mol. The lowest BCUT2D eigenvalue weighted by atomic mass is 9.90. The molecule has 60 valence electrons. The van der Waals surface area contributed by atoms with Gasteiger partial charge in [-0.1, -0.05) is 12.2 Å². The number of nitrogens with two attached hydrogens (primary N) is 1. The van der Waals surface area contributed by atoms with Crippen molar-refractivity contribution in [3.63, 3.8) is 0 Å². The van der Waals surface area contributed by atoms with Crippen molar-refractivity contribution in [3.05, 3.63) is 12.2 Å². The molecule has 11 heavy (non-hydrogen) atoms. The summed E-state index contributed by atoms with van der Waals surface area (Å²) in [6.45, 7) is 0. The number of hydrogen-bond donors (Lipinski definition) is 2. The summed E-state index contributed by atoms with van der Waals surface area (Å²) in [5.74, 6) is -0.548. The van der Waals surface area contributed by atoms with Crippen molar-refractivity contribution in [2.45, 2.75) is 12.5 Å². The largest absolute Gasteiger partial charge is 0.481 e. The van der Waals surface area contributed by atoms with E-state index in [-0.39, 0.29) is 17.9 Å². The second-order valence-corrected chi connectivity index (χ2v) is 3.39. The monoisotopic (exact) mass is 153 g/mol. The highest BCUT2D eigenvalue weighted by Gasteiger charge is 2.46. The van der Waals surface area contributed by atoms with E-state index in [9.17, 15) is 4.79 Å². The van der Waals surface area contributed by atoms with Gasteiger partial charge < -0.3 is 10.8 Å². The minimum absolute atomic E-state index is 0.150. The highest BCUT2D eigenvalue weighted by atomic mass is 16.4. The van der Waals surface area contributed by atoms with Crippen molar-refractivity contribution in [2.24, 2.45) is 23.5 Å². The molecule has 2 bridgehead atoms. The molecule has 0 aromatic carbocycles. The Morgan fingerprint density at radius 3 is 2.45 bits per heavy atom. The molecule has 0 amide bonds. The lowest BCUT2D eigenvalue weighted by molar-refractivity contribution is -0.143. The van der Waals surface area contributed by atoms with Crippen LogP contribution in [0.15, 0.2) is 12.2 Å². The van der Waals surface area contributed by atoms with Crippen LogP contribution in [0.1, 0.15) is 6.42 Å². The zero-order valence-corrected chi connectivity index (χ0v) is 6.10. The van der Waals surface area contributed by atoms with Crippen LogP contribution in [0.4, 0.5) is 0 Å². The fourth-order valence-corrected chi connectivity index (χ4v) is 2.21. The van der Waals surface area contributed by atoms with Gasteiger partial charge in [0.25, 0.3) is 0 Å². The number of hydrogen-bond acceptors (Lipinski definition) is 2. The molecule has 1 fully saturated rings. The first kappa shape index (κ1) is 6.85. The Morgan fingerprint density at radius 1 is 1.45 bits per heavy atom. The molecule has 2 rings (SSSR count). The highest BCUT2D eigenvalue weighted by Crippen LogP contribution is 2.42. The van der Waals surface area contributed by atoms with Crippen LogP contribution in [0.3, 0.4) is 0 Å². The van der Waals surface area contributed by atoms with Gasteiger partial charge >= 0.3 is 5.97 Å². The maximum Gasteiger partial charge on any atom is 0.308 e. The number of carbonyl (C=O) groups is 1. The minimum Gasteiger partial charge on any atom is -0.481 e. The number of allylic oxidation sites excluding steroid dienone is 1. The SMILES string of the molecule is N[C@@H]1C2C=CC(C2)[C@@H]1C(=O)O. The maximum absolute atomic E-state index is 10.7. The van der Waals surface area contributed by atoms with Gasteiger partial charge in [-0.3, -0.25) is 4.79 Å². The third-order valence-electron chi connectivity index (χ3n) is 2.81. The maximum atomic E-state index is 10.7. The molecule has 0 aromatic heterocycles. The van der Waals surface area contributed by atoms with Gasteiger partial charge in [0.2, 0.25) is 0 Å². The van der Waals surface area contributed by atoms with E-state index in [1.807, 2.05) is 6.08 Å². The van der Waals surface area contributed by atoms with Crippen LogP contribution in [0.5, 0.6) is 0 Å². The van der Waals surface area contributed by atoms with E-state index in [0.29, 0.717) is 5.92 Å². The van der Waals surface area contributed by atoms with E-state index in [1.165, 1.54) is 0 Å². The molecule has 0 aliphatic heterocycles. The molecule has 0 aromatic rings. The van der Waals surface area contributed by atoms with Gasteiger partial charge in [0, 0.05) is 6.04 Å². The Kier molecular flexibility index (Phi) is 1.29. The van der Waals surface area contributed by atoms with Crippen LogP contribution in [0, 0.1) is 17.8 Å². The van der Waals surface area contributed by atoms with Gasteiger partial charge in [0.1, 0.15) is 0 Å². The molecule has 0 heterocycles. The Bertz CT molecular complexity index is 224. The Hall–Kier alpha value is -0.830. The Labute approximate surface area is 64.9 Å². The third kappa shape index (κ3) is 0.807. The van der Waals surface area contributed by atoms with Crippen molar-refractivity contribution in [3.8, 4) is 0 Å². The minimum atomic E-state index is -0.741. The lowest BCUT2D eigenvalue weighted by Gasteiger charge is -2.19. The van der Waals surface area contributed by atoms with Gasteiger partial charge in [0.05, 0.1) is 5.92 Å². The van der Waals surface area contributed by atoms with Crippen LogP contribution >= 0.6 is 0 Å². The molecule has 3 nitrogen and oxygen atoms in total. The molecule has 0 spiro atoms. The van der Waals surface area contributed by atoms with Gasteiger partial charge in [-0.2, -0.15) is 0 Å². The first-order chi connectivity index (χ1) is 5.20. The summed E-state index contributed by atoms with van der Waals surface area (Å²) in [5, 5.41) is 8.79. The average Bonchev–Trinajstić information content (AvgIpc) is 2.44. The summed E-state index contributed by atoms with van der Waals surface area (Å²) in [6.07, 6.45) is 4.99. The summed E-state index contributed by atoms with van der Waals surface area (Å²) in [5.41, 5.74) is 5.73. The van der Waals surface area contributed by atoms with Crippen LogP contribution in [0.25, 0.3) is 0 Å². The summed E-state index contributed by atoms with van der Waals surface area (Å²) < 4.78 is 0. The number of rotatable bonds is 1. The molecule has 3 heteroatoms. The van der Waals surface area contributed by atoms with Gasteiger partial charge in [0.15, 0.2) is 0 Å². The van der Waals surface area contributed by atoms with E-state index >= 15 is 0 Å². The van der Waals surface area contributed by atoms with Crippen molar-refractivity contribution < 1.29 is 9.90 Å². The van der Waals surface area contributed by atoms with Gasteiger partial charge in [-0.15, -0.1) is 0 Å².